The Hall–Kier alpha value is -2.47. The molecule has 0 radical (unpaired) electrons. The highest BCUT2D eigenvalue weighted by atomic mass is 19.2. The van der Waals surface area contributed by atoms with Gasteiger partial charge in [-0.05, 0) is 42.5 Å². The van der Waals surface area contributed by atoms with Crippen LogP contribution >= 0.6 is 0 Å². The minimum Gasteiger partial charge on any atom is -0.369 e. The average molecular weight is 317 g/mol. The van der Waals surface area contributed by atoms with Gasteiger partial charge in [0.25, 0.3) is 5.91 Å². The van der Waals surface area contributed by atoms with Crippen LogP contribution in [0.4, 0.5) is 20.2 Å². The third-order valence-corrected chi connectivity index (χ3v) is 3.79. The monoisotopic (exact) mass is 317 g/mol. The van der Waals surface area contributed by atoms with Crippen LogP contribution in [0, 0.1) is 11.6 Å². The third-order valence-electron chi connectivity index (χ3n) is 3.79. The smallest absolute Gasteiger partial charge is 0.255 e. The number of hydrogen-bond acceptors (Lipinski definition) is 3. The number of nitrogens with one attached hydrogen (secondary N) is 2. The Bertz CT molecular complexity index is 697. The summed E-state index contributed by atoms with van der Waals surface area (Å²) in [6.07, 6.45) is 0. The zero-order valence-corrected chi connectivity index (χ0v) is 12.5. The van der Waals surface area contributed by atoms with Gasteiger partial charge in [-0.1, -0.05) is 0 Å². The lowest BCUT2D eigenvalue weighted by Gasteiger charge is -2.29. The van der Waals surface area contributed by atoms with E-state index in [2.05, 4.69) is 15.5 Å². The molecular weight excluding hydrogens is 300 g/mol. The lowest BCUT2D eigenvalue weighted by molar-refractivity contribution is 0.102. The molecule has 0 spiro atoms. The first-order valence-corrected chi connectivity index (χ1v) is 7.45. The summed E-state index contributed by atoms with van der Waals surface area (Å²) in [4.78, 5) is 14.3. The number of amides is 1. The van der Waals surface area contributed by atoms with Crippen molar-refractivity contribution >= 4 is 17.3 Å². The molecule has 0 atom stereocenters. The number of nitrogens with zero attached hydrogens (tertiary/aromatic N) is 1. The van der Waals surface area contributed by atoms with Crippen LogP contribution in [0.5, 0.6) is 0 Å². The Balaban J connectivity index is 1.67. The summed E-state index contributed by atoms with van der Waals surface area (Å²) in [7, 11) is 0. The van der Waals surface area contributed by atoms with Crippen LogP contribution in [-0.4, -0.2) is 32.1 Å². The maximum absolute atomic E-state index is 13.2. The van der Waals surface area contributed by atoms with Crippen molar-refractivity contribution in [1.29, 1.82) is 0 Å². The molecule has 1 heterocycles. The van der Waals surface area contributed by atoms with Crippen molar-refractivity contribution in [2.24, 2.45) is 0 Å². The van der Waals surface area contributed by atoms with Gasteiger partial charge in [0.1, 0.15) is 0 Å². The Kier molecular flexibility index (Phi) is 4.52. The van der Waals surface area contributed by atoms with Crippen molar-refractivity contribution in [3.63, 3.8) is 0 Å². The zero-order chi connectivity index (χ0) is 16.2. The van der Waals surface area contributed by atoms with Crippen LogP contribution in [0.15, 0.2) is 42.5 Å². The number of piperazine rings is 1. The van der Waals surface area contributed by atoms with E-state index < -0.39 is 17.5 Å². The Morgan fingerprint density at radius 1 is 1.00 bits per heavy atom. The van der Waals surface area contributed by atoms with E-state index in [1.807, 2.05) is 12.1 Å². The molecule has 2 N–H and O–H groups in total. The zero-order valence-electron chi connectivity index (χ0n) is 12.5. The molecule has 1 fully saturated rings. The lowest BCUT2D eigenvalue weighted by Crippen LogP contribution is -2.43. The van der Waals surface area contributed by atoms with E-state index in [9.17, 15) is 13.6 Å². The fourth-order valence-corrected chi connectivity index (χ4v) is 2.52. The SMILES string of the molecule is O=C(Nc1ccc(N2CCNCC2)cc1)c1ccc(F)c(F)c1. The fourth-order valence-electron chi connectivity index (χ4n) is 2.52. The molecular formula is C17H17F2N3O. The van der Waals surface area contributed by atoms with E-state index in [0.717, 1.165) is 44.0 Å². The number of benzene rings is 2. The molecule has 1 aliphatic heterocycles. The third kappa shape index (κ3) is 3.65. The second kappa shape index (κ2) is 6.75. The molecule has 4 nitrogen and oxygen atoms in total. The summed E-state index contributed by atoms with van der Waals surface area (Å²) in [6.45, 7) is 3.80. The summed E-state index contributed by atoms with van der Waals surface area (Å²) in [5.41, 5.74) is 1.78. The van der Waals surface area contributed by atoms with Crippen molar-refractivity contribution in [2.45, 2.75) is 0 Å². The van der Waals surface area contributed by atoms with E-state index in [-0.39, 0.29) is 5.56 Å². The van der Waals surface area contributed by atoms with Crippen molar-refractivity contribution in [3.05, 3.63) is 59.7 Å². The van der Waals surface area contributed by atoms with Gasteiger partial charge < -0.3 is 15.5 Å². The van der Waals surface area contributed by atoms with Gasteiger partial charge in [-0.15, -0.1) is 0 Å². The predicted octanol–water partition coefficient (Wildman–Crippen LogP) is 2.63. The number of carbonyl (C=O) groups is 1. The molecule has 1 saturated heterocycles. The van der Waals surface area contributed by atoms with Crippen molar-refractivity contribution in [2.75, 3.05) is 36.4 Å². The molecule has 6 heteroatoms. The second-order valence-electron chi connectivity index (χ2n) is 5.37. The standard InChI is InChI=1S/C17H17F2N3O/c18-15-6-1-12(11-16(15)19)17(23)21-13-2-4-14(5-3-13)22-9-7-20-8-10-22/h1-6,11,20H,7-10H2,(H,21,23). The summed E-state index contributed by atoms with van der Waals surface area (Å²) in [5, 5.41) is 5.97. The molecule has 120 valence electrons. The first-order chi connectivity index (χ1) is 11.1. The summed E-state index contributed by atoms with van der Waals surface area (Å²) >= 11 is 0. The molecule has 0 saturated carbocycles. The Morgan fingerprint density at radius 3 is 2.35 bits per heavy atom. The minimum atomic E-state index is -1.04. The van der Waals surface area contributed by atoms with Crippen molar-refractivity contribution in [1.82, 2.24) is 5.32 Å². The number of anilines is 2. The van der Waals surface area contributed by atoms with Gasteiger partial charge in [0.15, 0.2) is 11.6 Å². The molecule has 0 aromatic heterocycles. The molecule has 0 bridgehead atoms. The highest BCUT2D eigenvalue weighted by Crippen LogP contribution is 2.19. The molecule has 23 heavy (non-hydrogen) atoms. The highest BCUT2D eigenvalue weighted by molar-refractivity contribution is 6.04. The quantitative estimate of drug-likeness (QED) is 0.915. The Labute approximate surface area is 133 Å². The maximum atomic E-state index is 13.2. The minimum absolute atomic E-state index is 0.0788. The van der Waals surface area contributed by atoms with Gasteiger partial charge in [0.05, 0.1) is 0 Å². The first-order valence-electron chi connectivity index (χ1n) is 7.45. The van der Waals surface area contributed by atoms with Crippen molar-refractivity contribution in [3.8, 4) is 0 Å². The highest BCUT2D eigenvalue weighted by Gasteiger charge is 2.12. The van der Waals surface area contributed by atoms with Crippen LogP contribution in [0.3, 0.4) is 0 Å². The maximum Gasteiger partial charge on any atom is 0.255 e. The van der Waals surface area contributed by atoms with Gasteiger partial charge in [-0.25, -0.2) is 8.78 Å². The largest absolute Gasteiger partial charge is 0.369 e. The van der Waals surface area contributed by atoms with Gasteiger partial charge in [0.2, 0.25) is 0 Å². The van der Waals surface area contributed by atoms with Crippen LogP contribution in [0.2, 0.25) is 0 Å². The topological polar surface area (TPSA) is 44.4 Å². The number of carbonyl (C=O) groups excluding carboxylic acids is 1. The van der Waals surface area contributed by atoms with Crippen LogP contribution < -0.4 is 15.5 Å². The molecule has 3 rings (SSSR count). The van der Waals surface area contributed by atoms with E-state index in [0.29, 0.717) is 5.69 Å². The van der Waals surface area contributed by atoms with Gasteiger partial charge in [0, 0.05) is 43.1 Å². The normalized spacial score (nSPS) is 14.6. The van der Waals surface area contributed by atoms with Crippen LogP contribution in [0.1, 0.15) is 10.4 Å². The van der Waals surface area contributed by atoms with Gasteiger partial charge in [-0.3, -0.25) is 4.79 Å². The van der Waals surface area contributed by atoms with Gasteiger partial charge >= 0.3 is 0 Å². The molecule has 1 aliphatic rings. The predicted molar refractivity (Wildman–Crippen MR) is 85.8 cm³/mol. The Morgan fingerprint density at radius 2 is 1.70 bits per heavy atom. The van der Waals surface area contributed by atoms with E-state index in [1.165, 1.54) is 6.07 Å². The van der Waals surface area contributed by atoms with E-state index >= 15 is 0 Å². The van der Waals surface area contributed by atoms with Crippen molar-refractivity contribution < 1.29 is 13.6 Å². The molecule has 1 amide bonds. The fraction of sp³-hybridized carbons (Fsp3) is 0.235. The number of rotatable bonds is 3. The summed E-state index contributed by atoms with van der Waals surface area (Å²) in [5.74, 6) is -2.48. The summed E-state index contributed by atoms with van der Waals surface area (Å²) in [6, 6.07) is 10.6. The number of hydrogen-bond donors (Lipinski definition) is 2. The second-order valence-corrected chi connectivity index (χ2v) is 5.37. The summed E-state index contributed by atoms with van der Waals surface area (Å²) < 4.78 is 26.1. The van der Waals surface area contributed by atoms with E-state index in [1.54, 1.807) is 12.1 Å². The molecule has 0 aliphatic carbocycles. The van der Waals surface area contributed by atoms with Gasteiger partial charge in [-0.2, -0.15) is 0 Å². The first kappa shape index (κ1) is 15.4. The lowest BCUT2D eigenvalue weighted by atomic mass is 10.2. The van der Waals surface area contributed by atoms with E-state index in [4.69, 9.17) is 0 Å². The molecule has 2 aromatic rings. The van der Waals surface area contributed by atoms with Crippen LogP contribution in [-0.2, 0) is 0 Å². The van der Waals surface area contributed by atoms with Crippen LogP contribution in [0.25, 0.3) is 0 Å². The molecule has 0 unspecified atom stereocenters. The molecule has 2 aromatic carbocycles. The average Bonchev–Trinajstić information content (AvgIpc) is 2.59. The number of halogens is 2.